The summed E-state index contributed by atoms with van der Waals surface area (Å²) in [5, 5.41) is 8.94. The first-order chi connectivity index (χ1) is 11.6. The number of nitrogens with two attached hydrogens (primary N) is 1. The molecule has 7 nitrogen and oxygen atoms in total. The number of thioether (sulfide) groups is 1. The van der Waals surface area contributed by atoms with Gasteiger partial charge in [0.05, 0.1) is 0 Å². The molecule has 0 radical (unpaired) electrons. The molecule has 0 saturated heterocycles. The van der Waals surface area contributed by atoms with E-state index in [-0.39, 0.29) is 14.5 Å². The van der Waals surface area contributed by atoms with Crippen LogP contribution in [0, 0.1) is 0 Å². The van der Waals surface area contributed by atoms with Crippen LogP contribution in [0.15, 0.2) is 14.5 Å². The molecule has 0 unspecified atom stereocenters. The van der Waals surface area contributed by atoms with Crippen LogP contribution < -0.4 is 10.5 Å². The first kappa shape index (κ1) is 21.1. The Morgan fingerprint density at radius 2 is 2.16 bits per heavy atom. The molecule has 0 aliphatic carbocycles. The minimum absolute atomic E-state index is 0.0882. The summed E-state index contributed by atoms with van der Waals surface area (Å²) < 4.78 is 50.5. The smallest absolute Gasteiger partial charge is 0.252 e. The molecule has 1 aromatic heterocycles. The van der Waals surface area contributed by atoms with Gasteiger partial charge in [0, 0.05) is 24.7 Å². The maximum atomic E-state index is 12.9. The van der Waals surface area contributed by atoms with Crippen molar-refractivity contribution in [2.24, 2.45) is 5.14 Å². The van der Waals surface area contributed by atoms with Crippen molar-refractivity contribution >= 4 is 43.1 Å². The highest BCUT2D eigenvalue weighted by Gasteiger charge is 2.39. The third-order valence-electron chi connectivity index (χ3n) is 3.77. The molecule has 1 atom stereocenters. The van der Waals surface area contributed by atoms with E-state index in [2.05, 4.69) is 19.2 Å². The van der Waals surface area contributed by atoms with E-state index in [9.17, 15) is 16.8 Å². The second-order valence-corrected chi connectivity index (χ2v) is 12.8. The van der Waals surface area contributed by atoms with Gasteiger partial charge in [0.25, 0.3) is 10.0 Å². The number of hydrogen-bond donors (Lipinski definition) is 2. The van der Waals surface area contributed by atoms with Crippen LogP contribution in [0.3, 0.4) is 0 Å². The fourth-order valence-electron chi connectivity index (χ4n) is 2.66. The van der Waals surface area contributed by atoms with Crippen LogP contribution in [-0.4, -0.2) is 51.8 Å². The number of nitrogens with one attached hydrogen (secondary N) is 1. The number of hydrogen-bond acceptors (Lipinski definition) is 7. The number of rotatable bonds is 8. The average molecular weight is 428 g/mol. The van der Waals surface area contributed by atoms with Crippen molar-refractivity contribution in [1.82, 2.24) is 9.62 Å². The molecule has 11 heteroatoms. The van der Waals surface area contributed by atoms with Gasteiger partial charge in [-0.3, -0.25) is 0 Å². The number of nitrogens with zero attached hydrogens (tertiary/aromatic N) is 1. The average Bonchev–Trinajstić information content (AvgIpc) is 2.94. The molecule has 1 aromatic rings. The molecule has 25 heavy (non-hydrogen) atoms. The highest BCUT2D eigenvalue weighted by molar-refractivity contribution is 7.99. The summed E-state index contributed by atoms with van der Waals surface area (Å²) in [4.78, 5) is 0. The van der Waals surface area contributed by atoms with Crippen molar-refractivity contribution in [3.63, 3.8) is 0 Å². The van der Waals surface area contributed by atoms with Crippen LogP contribution in [0.1, 0.15) is 38.8 Å². The molecule has 144 valence electrons. The third kappa shape index (κ3) is 4.96. The van der Waals surface area contributed by atoms with E-state index in [1.54, 1.807) is 11.8 Å². The topological polar surface area (TPSA) is 110 Å². The molecule has 2 heterocycles. The van der Waals surface area contributed by atoms with Crippen molar-refractivity contribution in [3.05, 3.63) is 11.6 Å². The Morgan fingerprint density at radius 3 is 2.72 bits per heavy atom. The Balaban J connectivity index is 2.30. The summed E-state index contributed by atoms with van der Waals surface area (Å²) in [7, 11) is -7.62. The Kier molecular flexibility index (Phi) is 6.96. The molecule has 2 rings (SSSR count). The van der Waals surface area contributed by atoms with Crippen molar-refractivity contribution in [2.75, 3.05) is 25.4 Å². The molecule has 0 spiro atoms. The minimum atomic E-state index is -3.93. The molecule has 3 N–H and O–H groups in total. The lowest BCUT2D eigenvalue weighted by molar-refractivity contribution is 0.345. The fraction of sp³-hybridized carbons (Fsp3) is 0.714. The number of primary sulfonamides is 1. The van der Waals surface area contributed by atoms with Gasteiger partial charge in [-0.15, -0.1) is 11.3 Å². The molecule has 1 aliphatic heterocycles. The van der Waals surface area contributed by atoms with Gasteiger partial charge in [0.15, 0.2) is 0 Å². The predicted octanol–water partition coefficient (Wildman–Crippen LogP) is 1.58. The molecule has 0 amide bonds. The number of thiophene rings is 1. The maximum absolute atomic E-state index is 12.9. The van der Waals surface area contributed by atoms with E-state index in [0.717, 1.165) is 23.5 Å². The lowest BCUT2D eigenvalue weighted by Gasteiger charge is -2.32. The molecular formula is C14H25N3O4S4. The summed E-state index contributed by atoms with van der Waals surface area (Å²) in [5.41, 5.74) is 0.503. The molecule has 0 saturated carbocycles. The van der Waals surface area contributed by atoms with E-state index in [4.69, 9.17) is 5.14 Å². The van der Waals surface area contributed by atoms with Gasteiger partial charge in [-0.05, 0) is 30.0 Å². The van der Waals surface area contributed by atoms with E-state index >= 15 is 0 Å². The van der Waals surface area contributed by atoms with Gasteiger partial charge in [-0.1, -0.05) is 20.8 Å². The van der Waals surface area contributed by atoms with Crippen LogP contribution >= 0.6 is 23.1 Å². The summed E-state index contributed by atoms with van der Waals surface area (Å²) in [6.45, 7) is 7.52. The highest BCUT2D eigenvalue weighted by Crippen LogP contribution is 2.39. The summed E-state index contributed by atoms with van der Waals surface area (Å²) in [6, 6.07) is 1.17. The van der Waals surface area contributed by atoms with Gasteiger partial charge in [-0.25, -0.2) is 22.0 Å². The predicted molar refractivity (Wildman–Crippen MR) is 103 cm³/mol. The molecule has 0 bridgehead atoms. The van der Waals surface area contributed by atoms with Crippen LogP contribution in [0.5, 0.6) is 0 Å². The Labute approximate surface area is 158 Å². The Morgan fingerprint density at radius 1 is 1.48 bits per heavy atom. The van der Waals surface area contributed by atoms with Gasteiger partial charge >= 0.3 is 0 Å². The second-order valence-electron chi connectivity index (χ2n) is 6.10. The van der Waals surface area contributed by atoms with Gasteiger partial charge < -0.3 is 5.32 Å². The van der Waals surface area contributed by atoms with Crippen molar-refractivity contribution in [3.8, 4) is 0 Å². The first-order valence-electron chi connectivity index (χ1n) is 8.09. The molecular weight excluding hydrogens is 402 g/mol. The quantitative estimate of drug-likeness (QED) is 0.610. The SMILES string of the molecule is CCN[C@H]1CN(CCCSC(C)C)S(=O)(=O)c2sc(S(N)(=O)=O)cc21. The van der Waals surface area contributed by atoms with Crippen molar-refractivity contribution < 1.29 is 16.8 Å². The van der Waals surface area contributed by atoms with E-state index in [0.29, 0.717) is 30.4 Å². The van der Waals surface area contributed by atoms with E-state index in [1.807, 2.05) is 6.92 Å². The zero-order chi connectivity index (χ0) is 18.8. The summed E-state index contributed by atoms with van der Waals surface area (Å²) in [5.74, 6) is 0.884. The lowest BCUT2D eigenvalue weighted by atomic mass is 10.1. The standard InChI is InChI=1S/C14H25N3O4S4/c1-4-16-12-9-17(6-5-7-22-10(2)3)25(20,21)14-11(12)8-13(23-14)24(15,18)19/h8,10,12,16H,4-7,9H2,1-3H3,(H2,15,18,19)/t12-/m0/s1. The summed E-state index contributed by atoms with van der Waals surface area (Å²) in [6.07, 6.45) is 0.754. The largest absolute Gasteiger partial charge is 0.309 e. The van der Waals surface area contributed by atoms with Gasteiger partial charge in [-0.2, -0.15) is 16.1 Å². The van der Waals surface area contributed by atoms with Crippen LogP contribution in [-0.2, 0) is 20.0 Å². The number of likely N-dealkylation sites (N-methyl/N-ethyl adjacent to an activating group) is 1. The second kappa shape index (κ2) is 8.24. The zero-order valence-electron chi connectivity index (χ0n) is 14.6. The third-order valence-corrected chi connectivity index (χ3v) is 9.93. The van der Waals surface area contributed by atoms with Crippen molar-refractivity contribution in [2.45, 2.75) is 46.9 Å². The van der Waals surface area contributed by atoms with Crippen LogP contribution in [0.4, 0.5) is 0 Å². The summed E-state index contributed by atoms with van der Waals surface area (Å²) >= 11 is 2.53. The van der Waals surface area contributed by atoms with Crippen LogP contribution in [0.2, 0.25) is 0 Å². The van der Waals surface area contributed by atoms with E-state index in [1.165, 1.54) is 10.4 Å². The monoisotopic (exact) mass is 427 g/mol. The fourth-order valence-corrected chi connectivity index (χ4v) is 7.73. The van der Waals surface area contributed by atoms with Gasteiger partial charge in [0.1, 0.15) is 8.42 Å². The van der Waals surface area contributed by atoms with Gasteiger partial charge in [0.2, 0.25) is 10.0 Å². The zero-order valence-corrected chi connectivity index (χ0v) is 17.8. The maximum Gasteiger partial charge on any atom is 0.252 e. The first-order valence-corrected chi connectivity index (χ1v) is 12.9. The molecule has 0 aromatic carbocycles. The van der Waals surface area contributed by atoms with E-state index < -0.39 is 20.0 Å². The molecule has 0 fully saturated rings. The minimum Gasteiger partial charge on any atom is -0.309 e. The number of sulfonamides is 2. The highest BCUT2D eigenvalue weighted by atomic mass is 32.3. The Bertz CT molecular complexity index is 802. The number of fused-ring (bicyclic) bond motifs is 1. The van der Waals surface area contributed by atoms with Crippen molar-refractivity contribution in [1.29, 1.82) is 0 Å². The lowest BCUT2D eigenvalue weighted by Crippen LogP contribution is -2.43. The Hall–Kier alpha value is -0.170. The van der Waals surface area contributed by atoms with Crippen LogP contribution in [0.25, 0.3) is 0 Å². The normalized spacial score (nSPS) is 20.8. The molecule has 1 aliphatic rings.